The summed E-state index contributed by atoms with van der Waals surface area (Å²) >= 11 is 0. The Morgan fingerprint density at radius 2 is 2.19 bits per heavy atom. The fourth-order valence-corrected chi connectivity index (χ4v) is 4.47. The van der Waals surface area contributed by atoms with Gasteiger partial charge in [0.15, 0.2) is 0 Å². The molecule has 1 N–H and O–H groups in total. The monoisotopic (exact) mass is 246 g/mol. The van der Waals surface area contributed by atoms with Gasteiger partial charge in [-0.3, -0.25) is 9.00 Å². The Kier molecular flexibility index (Phi) is 5.46. The quantitative estimate of drug-likeness (QED) is 0.811. The van der Waals surface area contributed by atoms with Gasteiger partial charge in [-0.25, -0.2) is 0 Å². The maximum Gasteiger partial charge on any atom is 0.319 e. The third kappa shape index (κ3) is 3.58. The zero-order valence-corrected chi connectivity index (χ0v) is 11.0. The molecule has 4 unspecified atom stereocenters. The fourth-order valence-electron chi connectivity index (χ4n) is 2.42. The van der Waals surface area contributed by atoms with Crippen LogP contribution < -0.4 is 0 Å². The number of hydrogen-bond donors (Lipinski definition) is 1. The van der Waals surface area contributed by atoms with Crippen LogP contribution in [0.1, 0.15) is 52.4 Å². The summed E-state index contributed by atoms with van der Waals surface area (Å²) in [6, 6.07) is 0. The molecule has 0 aromatic carbocycles. The molecule has 1 aliphatic carbocycles. The maximum absolute atomic E-state index is 12.2. The van der Waals surface area contributed by atoms with Gasteiger partial charge in [-0.2, -0.15) is 0 Å². The van der Waals surface area contributed by atoms with Crippen molar-refractivity contribution in [3.8, 4) is 0 Å². The Bertz CT molecular complexity index is 265. The van der Waals surface area contributed by atoms with Gasteiger partial charge in [-0.05, 0) is 25.2 Å². The highest BCUT2D eigenvalue weighted by atomic mass is 32.2. The molecule has 1 saturated carbocycles. The molecule has 0 aromatic rings. The average molecular weight is 246 g/mol. The van der Waals surface area contributed by atoms with E-state index < -0.39 is 22.0 Å². The van der Waals surface area contributed by atoms with E-state index in [0.29, 0.717) is 12.3 Å². The van der Waals surface area contributed by atoms with Crippen LogP contribution in [0.3, 0.4) is 0 Å². The molecule has 16 heavy (non-hydrogen) atoms. The fraction of sp³-hybridized carbons (Fsp3) is 0.917. The summed E-state index contributed by atoms with van der Waals surface area (Å²) in [5, 5.41) is 8.53. The Morgan fingerprint density at radius 1 is 1.50 bits per heavy atom. The molecule has 3 nitrogen and oxygen atoms in total. The van der Waals surface area contributed by atoms with E-state index in [9.17, 15) is 9.00 Å². The third-order valence-electron chi connectivity index (χ3n) is 3.32. The normalized spacial score (nSPS) is 29.6. The second-order valence-corrected chi connectivity index (χ2v) is 6.73. The zero-order chi connectivity index (χ0) is 12.1. The SMILES string of the molecule is CCCC(C(=O)O)S(=O)C1CCCC(C)C1. The van der Waals surface area contributed by atoms with Crippen molar-refractivity contribution in [1.29, 1.82) is 0 Å². The second-order valence-electron chi connectivity index (χ2n) is 4.84. The Hall–Kier alpha value is -0.380. The summed E-state index contributed by atoms with van der Waals surface area (Å²) in [7, 11) is -1.19. The first-order chi connectivity index (χ1) is 7.56. The van der Waals surface area contributed by atoms with Crippen molar-refractivity contribution in [2.75, 3.05) is 0 Å². The van der Waals surface area contributed by atoms with Gasteiger partial charge in [0, 0.05) is 16.0 Å². The molecule has 0 aliphatic heterocycles. The van der Waals surface area contributed by atoms with Crippen molar-refractivity contribution in [2.45, 2.75) is 62.9 Å². The molecule has 0 bridgehead atoms. The summed E-state index contributed by atoms with van der Waals surface area (Å²) in [5.74, 6) is -0.294. The smallest absolute Gasteiger partial charge is 0.319 e. The van der Waals surface area contributed by atoms with Crippen molar-refractivity contribution in [3.05, 3.63) is 0 Å². The predicted octanol–water partition coefficient (Wildman–Crippen LogP) is 2.57. The largest absolute Gasteiger partial charge is 0.480 e. The minimum absolute atomic E-state index is 0.108. The van der Waals surface area contributed by atoms with Crippen LogP contribution in [0.25, 0.3) is 0 Å². The molecule has 94 valence electrons. The minimum Gasteiger partial charge on any atom is -0.480 e. The molecule has 0 spiro atoms. The molecular weight excluding hydrogens is 224 g/mol. The Balaban J connectivity index is 2.62. The molecule has 0 heterocycles. The molecule has 1 aliphatic rings. The van der Waals surface area contributed by atoms with Gasteiger partial charge < -0.3 is 5.11 Å². The standard InChI is InChI=1S/C12H22O3S/c1-3-5-11(12(13)14)16(15)10-7-4-6-9(2)8-10/h9-11H,3-8H2,1-2H3,(H,13,14). The number of rotatable bonds is 5. The lowest BCUT2D eigenvalue weighted by molar-refractivity contribution is -0.136. The average Bonchev–Trinajstić information content (AvgIpc) is 2.24. The lowest BCUT2D eigenvalue weighted by Crippen LogP contribution is -2.35. The maximum atomic E-state index is 12.2. The summed E-state index contributed by atoms with van der Waals surface area (Å²) in [4.78, 5) is 11.1. The molecule has 4 atom stereocenters. The van der Waals surface area contributed by atoms with Crippen molar-refractivity contribution in [1.82, 2.24) is 0 Å². The first-order valence-electron chi connectivity index (χ1n) is 6.18. The first-order valence-corrected chi connectivity index (χ1v) is 7.46. The highest BCUT2D eigenvalue weighted by Crippen LogP contribution is 2.29. The highest BCUT2D eigenvalue weighted by molar-refractivity contribution is 7.87. The van der Waals surface area contributed by atoms with Crippen molar-refractivity contribution < 1.29 is 14.1 Å². The van der Waals surface area contributed by atoms with Gasteiger partial charge in [0.1, 0.15) is 5.25 Å². The predicted molar refractivity (Wildman–Crippen MR) is 65.9 cm³/mol. The first kappa shape index (κ1) is 13.7. The number of carboxylic acids is 1. The summed E-state index contributed by atoms with van der Waals surface area (Å²) < 4.78 is 12.2. The van der Waals surface area contributed by atoms with Gasteiger partial charge in [-0.1, -0.05) is 33.1 Å². The Morgan fingerprint density at radius 3 is 2.69 bits per heavy atom. The molecule has 0 saturated heterocycles. The lowest BCUT2D eigenvalue weighted by atomic mass is 9.91. The van der Waals surface area contributed by atoms with Crippen molar-refractivity contribution in [2.24, 2.45) is 5.92 Å². The van der Waals surface area contributed by atoms with E-state index in [-0.39, 0.29) is 5.25 Å². The van der Waals surface area contributed by atoms with Crippen molar-refractivity contribution >= 4 is 16.8 Å². The van der Waals surface area contributed by atoms with Crippen LogP contribution in [0.2, 0.25) is 0 Å². The number of hydrogen-bond acceptors (Lipinski definition) is 2. The molecule has 0 radical (unpaired) electrons. The third-order valence-corrected chi connectivity index (χ3v) is 5.41. The summed E-state index contributed by atoms with van der Waals surface area (Å²) in [6.45, 7) is 4.11. The topological polar surface area (TPSA) is 54.4 Å². The van der Waals surface area contributed by atoms with Gasteiger partial charge in [0.2, 0.25) is 0 Å². The van der Waals surface area contributed by atoms with E-state index in [2.05, 4.69) is 6.92 Å². The van der Waals surface area contributed by atoms with E-state index >= 15 is 0 Å². The summed E-state index contributed by atoms with van der Waals surface area (Å²) in [5.41, 5.74) is 0. The van der Waals surface area contributed by atoms with E-state index in [1.165, 1.54) is 6.42 Å². The van der Waals surface area contributed by atoms with Crippen LogP contribution in [-0.2, 0) is 15.6 Å². The van der Waals surface area contributed by atoms with E-state index in [1.54, 1.807) is 0 Å². The molecule has 1 fully saturated rings. The number of carboxylic acid groups (broad SMARTS) is 1. The van der Waals surface area contributed by atoms with Crippen LogP contribution in [0.4, 0.5) is 0 Å². The van der Waals surface area contributed by atoms with Crippen LogP contribution >= 0.6 is 0 Å². The van der Waals surface area contributed by atoms with E-state index in [4.69, 9.17) is 5.11 Å². The zero-order valence-electron chi connectivity index (χ0n) is 10.1. The van der Waals surface area contributed by atoms with E-state index in [0.717, 1.165) is 25.7 Å². The van der Waals surface area contributed by atoms with Gasteiger partial charge in [0.25, 0.3) is 0 Å². The molecule has 4 heteroatoms. The minimum atomic E-state index is -1.19. The van der Waals surface area contributed by atoms with Crippen LogP contribution in [0.5, 0.6) is 0 Å². The van der Waals surface area contributed by atoms with E-state index in [1.807, 2.05) is 6.92 Å². The van der Waals surface area contributed by atoms with Crippen LogP contribution in [0.15, 0.2) is 0 Å². The molecular formula is C12H22O3S. The van der Waals surface area contributed by atoms with Gasteiger partial charge in [-0.15, -0.1) is 0 Å². The van der Waals surface area contributed by atoms with Gasteiger partial charge >= 0.3 is 5.97 Å². The molecule has 0 aromatic heterocycles. The number of aliphatic carboxylic acids is 1. The van der Waals surface area contributed by atoms with Gasteiger partial charge in [0.05, 0.1) is 0 Å². The molecule has 1 rings (SSSR count). The lowest BCUT2D eigenvalue weighted by Gasteiger charge is -2.28. The molecule has 0 amide bonds. The second kappa shape index (κ2) is 6.38. The number of carbonyl (C=O) groups is 1. The highest BCUT2D eigenvalue weighted by Gasteiger charge is 2.32. The Labute approximate surface area is 100 Å². The van der Waals surface area contributed by atoms with Crippen LogP contribution in [0, 0.1) is 5.92 Å². The van der Waals surface area contributed by atoms with Crippen LogP contribution in [-0.4, -0.2) is 25.8 Å². The summed E-state index contributed by atoms with van der Waals surface area (Å²) in [6.07, 6.45) is 5.47. The van der Waals surface area contributed by atoms with Crippen molar-refractivity contribution in [3.63, 3.8) is 0 Å².